The quantitative estimate of drug-likeness (QED) is 0.443. The van der Waals surface area contributed by atoms with Crippen LogP contribution < -0.4 is 20.0 Å². The van der Waals surface area contributed by atoms with Gasteiger partial charge in [-0.1, -0.05) is 12.5 Å². The minimum atomic E-state index is -0.463. The Morgan fingerprint density at radius 3 is 2.53 bits per heavy atom. The molecule has 1 spiro atoms. The minimum absolute atomic E-state index is 0.0908. The number of rotatable bonds is 11. The topological polar surface area (TPSA) is 79.4 Å². The number of carbonyl (C=O) groups is 3. The van der Waals surface area contributed by atoms with E-state index in [9.17, 15) is 14.4 Å². The van der Waals surface area contributed by atoms with Gasteiger partial charge >= 0.3 is 0 Å². The molecule has 3 fully saturated rings. The molecule has 1 N–H and O–H groups in total. The summed E-state index contributed by atoms with van der Waals surface area (Å²) in [5.74, 6) is 0.598. The van der Waals surface area contributed by atoms with Crippen LogP contribution in [0, 0.1) is 5.92 Å². The number of likely N-dealkylation sites (N-methyl/N-ethyl adjacent to an activating group) is 2. The van der Waals surface area contributed by atoms with Crippen molar-refractivity contribution in [1.29, 1.82) is 0 Å². The van der Waals surface area contributed by atoms with E-state index in [0.29, 0.717) is 17.9 Å². The van der Waals surface area contributed by atoms with E-state index in [2.05, 4.69) is 33.1 Å². The van der Waals surface area contributed by atoms with Crippen LogP contribution in [0.5, 0.6) is 0 Å². The summed E-state index contributed by atoms with van der Waals surface area (Å²) in [6.07, 6.45) is 8.68. The Morgan fingerprint density at radius 2 is 1.89 bits per heavy atom. The number of amides is 2. The summed E-state index contributed by atoms with van der Waals surface area (Å²) in [6, 6.07) is 5.57. The molecule has 9 nitrogen and oxygen atoms in total. The van der Waals surface area contributed by atoms with Crippen LogP contribution in [0.1, 0.15) is 44.9 Å². The van der Waals surface area contributed by atoms with Gasteiger partial charge < -0.3 is 29.7 Å². The van der Waals surface area contributed by atoms with Crippen LogP contribution in [0.25, 0.3) is 0 Å². The van der Waals surface area contributed by atoms with Crippen molar-refractivity contribution in [2.24, 2.45) is 5.92 Å². The van der Waals surface area contributed by atoms with E-state index in [1.165, 1.54) is 45.4 Å². The third-order valence-electron chi connectivity index (χ3n) is 9.04. The first-order valence-corrected chi connectivity index (χ1v) is 14.2. The van der Waals surface area contributed by atoms with Gasteiger partial charge in [0, 0.05) is 65.8 Å². The predicted molar refractivity (Wildman–Crippen MR) is 153 cm³/mol. The van der Waals surface area contributed by atoms with Crippen molar-refractivity contribution >= 4 is 35.7 Å². The summed E-state index contributed by atoms with van der Waals surface area (Å²) < 4.78 is 0. The molecule has 2 amide bonds. The highest BCUT2D eigenvalue weighted by atomic mass is 16.1. The first-order valence-electron chi connectivity index (χ1n) is 14.2. The second kappa shape index (κ2) is 12.5. The number of nitrogens with one attached hydrogen (secondary N) is 1. The lowest BCUT2D eigenvalue weighted by atomic mass is 9.79. The highest BCUT2D eigenvalue weighted by Crippen LogP contribution is 2.41. The van der Waals surface area contributed by atoms with E-state index in [0.717, 1.165) is 55.7 Å². The van der Waals surface area contributed by atoms with Crippen LogP contribution in [-0.4, -0.2) is 107 Å². The molecule has 3 aliphatic heterocycles. The van der Waals surface area contributed by atoms with Gasteiger partial charge in [0.2, 0.25) is 12.3 Å². The van der Waals surface area contributed by atoms with E-state index >= 15 is 0 Å². The molecule has 38 heavy (non-hydrogen) atoms. The molecule has 0 aromatic heterocycles. The first-order chi connectivity index (χ1) is 18.3. The summed E-state index contributed by atoms with van der Waals surface area (Å²) in [5.41, 5.74) is 3.06. The van der Waals surface area contributed by atoms with Gasteiger partial charge in [-0.25, -0.2) is 0 Å². The molecule has 3 aliphatic rings. The SMILES string of the molecule is CNC(=O)CCC(C=O)N(C)c1cccc(N2CCC(CN3CCCCC34CN(C)C4)CC2)c1N(C)C=O. The van der Waals surface area contributed by atoms with Gasteiger partial charge in [-0.2, -0.15) is 0 Å². The van der Waals surface area contributed by atoms with Crippen LogP contribution in [0.2, 0.25) is 0 Å². The lowest BCUT2D eigenvalue weighted by Crippen LogP contribution is -2.71. The van der Waals surface area contributed by atoms with Crippen molar-refractivity contribution < 1.29 is 14.4 Å². The van der Waals surface area contributed by atoms with Crippen LogP contribution in [0.15, 0.2) is 18.2 Å². The van der Waals surface area contributed by atoms with E-state index < -0.39 is 6.04 Å². The molecule has 9 heteroatoms. The van der Waals surface area contributed by atoms with E-state index in [1.807, 2.05) is 24.1 Å². The molecule has 0 bridgehead atoms. The Morgan fingerprint density at radius 1 is 1.16 bits per heavy atom. The number of carbonyl (C=O) groups excluding carboxylic acids is 3. The maximum absolute atomic E-state index is 12.0. The third-order valence-corrected chi connectivity index (χ3v) is 9.04. The molecular formula is C29H46N6O3. The fraction of sp³-hybridized carbons (Fsp3) is 0.690. The number of hydrogen-bond acceptors (Lipinski definition) is 7. The lowest BCUT2D eigenvalue weighted by Gasteiger charge is -2.58. The van der Waals surface area contributed by atoms with Gasteiger partial charge in [0.05, 0.1) is 23.1 Å². The number of para-hydroxylation sites is 1. The number of likely N-dealkylation sites (tertiary alicyclic amines) is 2. The van der Waals surface area contributed by atoms with Crippen LogP contribution in [0.3, 0.4) is 0 Å². The van der Waals surface area contributed by atoms with Gasteiger partial charge in [0.1, 0.15) is 6.29 Å². The molecule has 0 radical (unpaired) electrons. The Labute approximate surface area is 228 Å². The number of anilines is 3. The molecular weight excluding hydrogens is 480 g/mol. The molecule has 1 atom stereocenters. The Balaban J connectivity index is 1.46. The molecule has 4 rings (SSSR count). The minimum Gasteiger partial charge on any atom is -0.370 e. The molecule has 1 unspecified atom stereocenters. The van der Waals surface area contributed by atoms with Gasteiger partial charge in [0.25, 0.3) is 0 Å². The highest BCUT2D eigenvalue weighted by Gasteiger charge is 2.47. The Hall–Kier alpha value is -2.65. The smallest absolute Gasteiger partial charge is 0.219 e. The number of benzene rings is 1. The fourth-order valence-corrected chi connectivity index (χ4v) is 6.83. The first kappa shape index (κ1) is 28.4. The Kier molecular flexibility index (Phi) is 9.31. The van der Waals surface area contributed by atoms with Gasteiger partial charge in [-0.15, -0.1) is 0 Å². The second-order valence-electron chi connectivity index (χ2n) is 11.6. The maximum Gasteiger partial charge on any atom is 0.219 e. The zero-order valence-electron chi connectivity index (χ0n) is 23.7. The summed E-state index contributed by atoms with van der Waals surface area (Å²) in [7, 11) is 7.46. The summed E-state index contributed by atoms with van der Waals surface area (Å²) in [4.78, 5) is 46.9. The van der Waals surface area contributed by atoms with Gasteiger partial charge in [0.15, 0.2) is 0 Å². The van der Waals surface area contributed by atoms with Crippen molar-refractivity contribution in [2.75, 3.05) is 82.2 Å². The summed E-state index contributed by atoms with van der Waals surface area (Å²) in [5, 5.41) is 2.62. The van der Waals surface area contributed by atoms with Crippen molar-refractivity contribution in [1.82, 2.24) is 15.1 Å². The Bertz CT molecular complexity index is 968. The molecule has 1 aromatic rings. The summed E-state index contributed by atoms with van der Waals surface area (Å²) >= 11 is 0. The zero-order chi connectivity index (χ0) is 27.3. The molecule has 210 valence electrons. The average molecular weight is 527 g/mol. The van der Waals surface area contributed by atoms with Crippen molar-refractivity contribution in [2.45, 2.75) is 56.5 Å². The molecule has 0 aliphatic carbocycles. The lowest BCUT2D eigenvalue weighted by molar-refractivity contribution is -0.120. The standard InChI is InChI=1S/C29H46N6O3/c1-30-27(38)11-10-24(19-36)33(4)25-8-7-9-26(28(25)32(3)22-37)34-16-12-23(13-17-34)18-35-15-6-5-14-29(35)20-31(2)21-29/h7-9,19,22-24H,5-6,10-18,20-21H2,1-4H3,(H,30,38). The molecule has 3 saturated heterocycles. The highest BCUT2D eigenvalue weighted by molar-refractivity contribution is 5.93. The van der Waals surface area contributed by atoms with E-state index in [4.69, 9.17) is 0 Å². The fourth-order valence-electron chi connectivity index (χ4n) is 6.83. The molecule has 3 heterocycles. The monoisotopic (exact) mass is 526 g/mol. The van der Waals surface area contributed by atoms with E-state index in [-0.39, 0.29) is 12.3 Å². The second-order valence-corrected chi connectivity index (χ2v) is 11.6. The largest absolute Gasteiger partial charge is 0.370 e. The number of aldehydes is 1. The zero-order valence-corrected chi connectivity index (χ0v) is 23.7. The maximum atomic E-state index is 12.0. The van der Waals surface area contributed by atoms with Crippen molar-refractivity contribution in [3.05, 3.63) is 18.2 Å². The predicted octanol–water partition coefficient (Wildman–Crippen LogP) is 2.20. The van der Waals surface area contributed by atoms with Crippen LogP contribution >= 0.6 is 0 Å². The normalized spacial score (nSPS) is 21.0. The van der Waals surface area contributed by atoms with Crippen molar-refractivity contribution in [3.63, 3.8) is 0 Å². The third kappa shape index (κ3) is 5.99. The number of piperidine rings is 2. The summed E-state index contributed by atoms with van der Waals surface area (Å²) in [6.45, 7) is 6.74. The van der Waals surface area contributed by atoms with Gasteiger partial charge in [-0.3, -0.25) is 14.5 Å². The molecule has 0 saturated carbocycles. The van der Waals surface area contributed by atoms with Crippen LogP contribution in [-0.2, 0) is 14.4 Å². The average Bonchev–Trinajstić information content (AvgIpc) is 2.93. The van der Waals surface area contributed by atoms with Gasteiger partial charge in [-0.05, 0) is 63.7 Å². The number of hydrogen-bond donors (Lipinski definition) is 1. The van der Waals surface area contributed by atoms with Crippen molar-refractivity contribution in [3.8, 4) is 0 Å². The van der Waals surface area contributed by atoms with E-state index in [1.54, 1.807) is 19.0 Å². The number of nitrogens with zero attached hydrogens (tertiary/aromatic N) is 5. The molecule has 1 aromatic carbocycles. The van der Waals surface area contributed by atoms with Crippen LogP contribution in [0.4, 0.5) is 17.1 Å².